The molecule has 0 aliphatic heterocycles. The summed E-state index contributed by atoms with van der Waals surface area (Å²) in [5.41, 5.74) is 2.61. The second-order valence-electron chi connectivity index (χ2n) is 10.2. The molecule has 4 nitrogen and oxygen atoms in total. The van der Waals surface area contributed by atoms with Crippen LogP contribution in [-0.4, -0.2) is 11.8 Å². The molecule has 2 rings (SSSR count). The minimum Gasteiger partial charge on any atom is -0.325 e. The molecule has 156 valence electrons. The number of rotatable bonds is 4. The lowest BCUT2D eigenvalue weighted by molar-refractivity contribution is -0.135. The third kappa shape index (κ3) is 5.69. The van der Waals surface area contributed by atoms with Gasteiger partial charge >= 0.3 is 0 Å². The predicted molar refractivity (Wildman–Crippen MR) is 121 cm³/mol. The average molecular weight is 395 g/mol. The van der Waals surface area contributed by atoms with Crippen molar-refractivity contribution < 1.29 is 9.59 Å². The highest BCUT2D eigenvalue weighted by Crippen LogP contribution is 2.27. The van der Waals surface area contributed by atoms with E-state index in [-0.39, 0.29) is 22.6 Å². The number of carbonyl (C=O) groups excluding carboxylic acids is 2. The number of nitrogens with one attached hydrogen (secondary N) is 2. The van der Waals surface area contributed by atoms with Gasteiger partial charge in [-0.25, -0.2) is 0 Å². The standard InChI is InChI=1S/C25H34N2O2/c1-23(2,3)17-9-13-19(14-10-17)26-21(28)25(7,8)22(29)27-20-15-11-18(12-16-20)24(4,5)6/h9-16H,1-8H3,(H,26,28)(H,27,29). The van der Waals surface area contributed by atoms with Gasteiger partial charge in [-0.15, -0.1) is 0 Å². The molecular weight excluding hydrogens is 360 g/mol. The Balaban J connectivity index is 2.06. The molecule has 4 heteroatoms. The molecule has 0 aliphatic rings. The molecule has 0 unspecified atom stereocenters. The highest BCUT2D eigenvalue weighted by molar-refractivity contribution is 6.14. The van der Waals surface area contributed by atoms with E-state index in [1.165, 1.54) is 11.1 Å². The van der Waals surface area contributed by atoms with Crippen molar-refractivity contribution in [2.45, 2.75) is 66.2 Å². The first-order valence-electron chi connectivity index (χ1n) is 10.1. The number of hydrogen-bond acceptors (Lipinski definition) is 2. The summed E-state index contributed by atoms with van der Waals surface area (Å²) in [5.74, 6) is -0.686. The summed E-state index contributed by atoms with van der Waals surface area (Å²) in [5, 5.41) is 5.71. The van der Waals surface area contributed by atoms with E-state index in [0.717, 1.165) is 0 Å². The first-order valence-corrected chi connectivity index (χ1v) is 10.1. The van der Waals surface area contributed by atoms with Gasteiger partial charge in [0.15, 0.2) is 0 Å². The van der Waals surface area contributed by atoms with Crippen LogP contribution in [0.15, 0.2) is 48.5 Å². The number of benzene rings is 2. The largest absolute Gasteiger partial charge is 0.325 e. The fraction of sp³-hybridized carbons (Fsp3) is 0.440. The molecule has 2 aromatic carbocycles. The van der Waals surface area contributed by atoms with Crippen LogP contribution in [0, 0.1) is 5.41 Å². The smallest absolute Gasteiger partial charge is 0.239 e. The van der Waals surface area contributed by atoms with E-state index in [2.05, 4.69) is 52.2 Å². The van der Waals surface area contributed by atoms with Crippen molar-refractivity contribution in [2.75, 3.05) is 10.6 Å². The highest BCUT2D eigenvalue weighted by atomic mass is 16.2. The maximum Gasteiger partial charge on any atom is 0.239 e. The molecule has 0 fully saturated rings. The lowest BCUT2D eigenvalue weighted by Crippen LogP contribution is -2.41. The Labute approximate surface area is 175 Å². The molecule has 0 saturated heterocycles. The molecule has 29 heavy (non-hydrogen) atoms. The van der Waals surface area contributed by atoms with Gasteiger partial charge in [0.2, 0.25) is 11.8 Å². The van der Waals surface area contributed by atoms with Crippen molar-refractivity contribution in [1.82, 2.24) is 0 Å². The quantitative estimate of drug-likeness (QED) is 0.636. The van der Waals surface area contributed by atoms with Crippen LogP contribution in [0.4, 0.5) is 11.4 Å². The molecule has 0 atom stereocenters. The summed E-state index contributed by atoms with van der Waals surface area (Å²) in [6, 6.07) is 15.5. The van der Waals surface area contributed by atoms with Gasteiger partial charge in [0.25, 0.3) is 0 Å². The van der Waals surface area contributed by atoms with Gasteiger partial charge in [-0.3, -0.25) is 9.59 Å². The van der Waals surface area contributed by atoms with Crippen LogP contribution in [0.25, 0.3) is 0 Å². The molecule has 0 radical (unpaired) electrons. The Morgan fingerprint density at radius 1 is 0.552 bits per heavy atom. The molecule has 2 amide bonds. The van der Waals surface area contributed by atoms with E-state index in [4.69, 9.17) is 0 Å². The summed E-state index contributed by atoms with van der Waals surface area (Å²) in [6.07, 6.45) is 0. The maximum atomic E-state index is 12.8. The van der Waals surface area contributed by atoms with Crippen LogP contribution in [0.3, 0.4) is 0 Å². The summed E-state index contributed by atoms with van der Waals surface area (Å²) in [7, 11) is 0. The third-order valence-electron chi connectivity index (χ3n) is 5.15. The van der Waals surface area contributed by atoms with Gasteiger partial charge in [0.1, 0.15) is 5.41 Å². The summed E-state index contributed by atoms with van der Waals surface area (Å²) in [4.78, 5) is 25.5. The monoisotopic (exact) mass is 394 g/mol. The fourth-order valence-electron chi connectivity index (χ4n) is 2.78. The first-order chi connectivity index (χ1) is 13.2. The number of carbonyl (C=O) groups is 2. The first kappa shape index (κ1) is 22.7. The Morgan fingerprint density at radius 3 is 1.07 bits per heavy atom. The molecule has 0 heterocycles. The van der Waals surface area contributed by atoms with Crippen molar-refractivity contribution in [1.29, 1.82) is 0 Å². The second-order valence-corrected chi connectivity index (χ2v) is 10.2. The SMILES string of the molecule is CC(C)(C(=O)Nc1ccc(C(C)(C)C)cc1)C(=O)Nc1ccc(C(C)(C)C)cc1. The number of amides is 2. The minimum absolute atomic E-state index is 0.0459. The van der Waals surface area contributed by atoms with Crippen molar-refractivity contribution in [3.8, 4) is 0 Å². The Bertz CT molecular complexity index is 792. The van der Waals surface area contributed by atoms with Crippen molar-refractivity contribution in [3.63, 3.8) is 0 Å². The summed E-state index contributed by atoms with van der Waals surface area (Å²) >= 11 is 0. The van der Waals surface area contributed by atoms with E-state index in [0.29, 0.717) is 11.4 Å². The van der Waals surface area contributed by atoms with Crippen LogP contribution in [0.5, 0.6) is 0 Å². The van der Waals surface area contributed by atoms with Crippen LogP contribution in [-0.2, 0) is 20.4 Å². The Hall–Kier alpha value is -2.62. The van der Waals surface area contributed by atoms with E-state index in [9.17, 15) is 9.59 Å². The van der Waals surface area contributed by atoms with E-state index < -0.39 is 5.41 Å². The van der Waals surface area contributed by atoms with E-state index in [1.54, 1.807) is 13.8 Å². The molecule has 0 spiro atoms. The van der Waals surface area contributed by atoms with Crippen LogP contribution < -0.4 is 10.6 Å². The zero-order valence-corrected chi connectivity index (χ0v) is 18.9. The van der Waals surface area contributed by atoms with Gasteiger partial charge in [-0.2, -0.15) is 0 Å². The van der Waals surface area contributed by atoms with Crippen LogP contribution >= 0.6 is 0 Å². The lowest BCUT2D eigenvalue weighted by atomic mass is 9.87. The lowest BCUT2D eigenvalue weighted by Gasteiger charge is -2.24. The normalized spacial score (nSPS) is 12.4. The molecule has 2 N–H and O–H groups in total. The molecule has 0 aliphatic carbocycles. The van der Waals surface area contributed by atoms with Gasteiger partial charge in [0.05, 0.1) is 0 Å². The van der Waals surface area contributed by atoms with Gasteiger partial charge in [-0.1, -0.05) is 65.8 Å². The molecular formula is C25H34N2O2. The zero-order valence-electron chi connectivity index (χ0n) is 18.9. The van der Waals surface area contributed by atoms with E-state index >= 15 is 0 Å². The maximum absolute atomic E-state index is 12.8. The minimum atomic E-state index is -1.22. The molecule has 0 aromatic heterocycles. The average Bonchev–Trinajstić information content (AvgIpc) is 2.61. The van der Waals surface area contributed by atoms with Gasteiger partial charge in [-0.05, 0) is 60.1 Å². The molecule has 0 saturated carbocycles. The van der Waals surface area contributed by atoms with E-state index in [1.807, 2.05) is 48.5 Å². The van der Waals surface area contributed by atoms with Crippen LogP contribution in [0.1, 0.15) is 66.5 Å². The Morgan fingerprint density at radius 2 is 0.828 bits per heavy atom. The van der Waals surface area contributed by atoms with Crippen LogP contribution in [0.2, 0.25) is 0 Å². The third-order valence-corrected chi connectivity index (χ3v) is 5.15. The van der Waals surface area contributed by atoms with Crippen molar-refractivity contribution in [2.24, 2.45) is 5.41 Å². The van der Waals surface area contributed by atoms with Gasteiger partial charge < -0.3 is 10.6 Å². The Kier molecular flexibility index (Phi) is 6.27. The number of anilines is 2. The summed E-state index contributed by atoms with van der Waals surface area (Å²) in [6.45, 7) is 16.1. The number of hydrogen-bond donors (Lipinski definition) is 2. The van der Waals surface area contributed by atoms with Crippen molar-refractivity contribution >= 4 is 23.2 Å². The second kappa shape index (κ2) is 8.02. The molecule has 0 bridgehead atoms. The highest BCUT2D eigenvalue weighted by Gasteiger charge is 2.36. The van der Waals surface area contributed by atoms with Crippen molar-refractivity contribution in [3.05, 3.63) is 59.7 Å². The fourth-order valence-corrected chi connectivity index (χ4v) is 2.78. The predicted octanol–water partition coefficient (Wildman–Crippen LogP) is 5.89. The topological polar surface area (TPSA) is 58.2 Å². The zero-order chi connectivity index (χ0) is 22.0. The summed E-state index contributed by atoms with van der Waals surface area (Å²) < 4.78 is 0. The van der Waals surface area contributed by atoms with Gasteiger partial charge in [0, 0.05) is 11.4 Å². The molecule has 2 aromatic rings.